The van der Waals surface area contributed by atoms with Gasteiger partial charge >= 0.3 is 0 Å². The van der Waals surface area contributed by atoms with Crippen LogP contribution in [0.25, 0.3) is 10.6 Å². The van der Waals surface area contributed by atoms with Crippen LogP contribution in [0.2, 0.25) is 5.02 Å². The van der Waals surface area contributed by atoms with E-state index in [-0.39, 0.29) is 0 Å². The average Bonchev–Trinajstić information content (AvgIpc) is 3.34. The Labute approximate surface area is 189 Å². The Bertz CT molecular complexity index is 1170. The molecule has 4 aromatic rings. The Kier molecular flexibility index (Phi) is 6.41. The summed E-state index contributed by atoms with van der Waals surface area (Å²) in [6.07, 6.45) is 0. The molecule has 0 unspecified atom stereocenters. The van der Waals surface area contributed by atoms with Crippen LogP contribution in [0.4, 0.5) is 0 Å². The fourth-order valence-electron chi connectivity index (χ4n) is 2.87. The zero-order valence-corrected chi connectivity index (χ0v) is 19.3. The molecule has 154 valence electrons. The first-order valence-electron chi connectivity index (χ1n) is 9.41. The molecule has 5 nitrogen and oxygen atoms in total. The second-order valence-corrected chi connectivity index (χ2v) is 9.14. The second kappa shape index (κ2) is 9.20. The van der Waals surface area contributed by atoms with Gasteiger partial charge in [0.25, 0.3) is 0 Å². The first-order chi connectivity index (χ1) is 14.5. The maximum atomic E-state index is 6.28. The largest absolute Gasteiger partial charge is 0.485 e. The lowest BCUT2D eigenvalue weighted by Gasteiger charge is -2.09. The molecule has 0 saturated heterocycles. The minimum absolute atomic E-state index is 0.377. The van der Waals surface area contributed by atoms with Gasteiger partial charge < -0.3 is 9.30 Å². The van der Waals surface area contributed by atoms with Gasteiger partial charge in [-0.15, -0.1) is 21.5 Å². The fraction of sp³-hybridized carbons (Fsp3) is 0.227. The SMILES string of the molecule is Cc1ccc(C)c(OCc2nnc(SCc3csc(-c4ccccc4Cl)n3)n2C)c1. The molecule has 0 aliphatic heterocycles. The van der Waals surface area contributed by atoms with Crippen LogP contribution in [0, 0.1) is 13.8 Å². The lowest BCUT2D eigenvalue weighted by molar-refractivity contribution is 0.288. The number of aromatic nitrogens is 4. The van der Waals surface area contributed by atoms with Crippen LogP contribution < -0.4 is 4.74 Å². The molecule has 0 aliphatic carbocycles. The standard InChI is InChI=1S/C22H21ClN4OS2/c1-14-8-9-15(2)19(10-14)28-11-20-25-26-22(27(20)3)30-13-16-12-29-21(24-16)17-6-4-5-7-18(17)23/h4-10,12H,11,13H2,1-3H3. The predicted molar refractivity (Wildman–Crippen MR) is 123 cm³/mol. The maximum absolute atomic E-state index is 6.28. The van der Waals surface area contributed by atoms with Gasteiger partial charge in [0.05, 0.1) is 10.7 Å². The van der Waals surface area contributed by atoms with Crippen molar-refractivity contribution in [3.05, 3.63) is 75.5 Å². The topological polar surface area (TPSA) is 52.8 Å². The van der Waals surface area contributed by atoms with E-state index in [0.717, 1.165) is 38.6 Å². The molecule has 30 heavy (non-hydrogen) atoms. The van der Waals surface area contributed by atoms with Gasteiger partial charge in [-0.3, -0.25) is 0 Å². The Morgan fingerprint density at radius 2 is 1.97 bits per heavy atom. The molecule has 0 radical (unpaired) electrons. The normalized spacial score (nSPS) is 11.1. The second-order valence-electron chi connectivity index (χ2n) is 6.93. The molecule has 0 amide bonds. The van der Waals surface area contributed by atoms with Crippen LogP contribution >= 0.6 is 34.7 Å². The van der Waals surface area contributed by atoms with Crippen molar-refractivity contribution < 1.29 is 4.74 Å². The predicted octanol–water partition coefficient (Wildman–Crippen LogP) is 6.08. The summed E-state index contributed by atoms with van der Waals surface area (Å²) in [5.74, 6) is 2.38. The first kappa shape index (κ1) is 20.9. The Hall–Kier alpha value is -2.35. The Morgan fingerprint density at radius 3 is 2.80 bits per heavy atom. The number of hydrogen-bond donors (Lipinski definition) is 0. The van der Waals surface area contributed by atoms with Gasteiger partial charge in [0.15, 0.2) is 11.0 Å². The summed E-state index contributed by atoms with van der Waals surface area (Å²) in [4.78, 5) is 4.72. The number of thioether (sulfide) groups is 1. The van der Waals surface area contributed by atoms with Crippen LogP contribution in [0.3, 0.4) is 0 Å². The van der Waals surface area contributed by atoms with Crippen molar-refractivity contribution in [2.24, 2.45) is 7.05 Å². The van der Waals surface area contributed by atoms with Crippen molar-refractivity contribution in [1.29, 1.82) is 0 Å². The van der Waals surface area contributed by atoms with E-state index in [9.17, 15) is 0 Å². The summed E-state index contributed by atoms with van der Waals surface area (Å²) < 4.78 is 7.94. The van der Waals surface area contributed by atoms with Gasteiger partial charge in [0.2, 0.25) is 0 Å². The molecule has 4 rings (SSSR count). The molecule has 2 aromatic carbocycles. The summed E-state index contributed by atoms with van der Waals surface area (Å²) in [7, 11) is 1.96. The van der Waals surface area contributed by atoms with Gasteiger partial charge in [0, 0.05) is 23.7 Å². The van der Waals surface area contributed by atoms with E-state index in [1.54, 1.807) is 23.1 Å². The van der Waals surface area contributed by atoms with E-state index in [0.29, 0.717) is 17.4 Å². The van der Waals surface area contributed by atoms with Crippen molar-refractivity contribution in [3.8, 4) is 16.3 Å². The van der Waals surface area contributed by atoms with Crippen molar-refractivity contribution >= 4 is 34.7 Å². The molecule has 0 fully saturated rings. The van der Waals surface area contributed by atoms with Gasteiger partial charge in [-0.1, -0.05) is 53.7 Å². The molecule has 2 heterocycles. The number of benzene rings is 2. The number of ether oxygens (including phenoxy) is 1. The highest BCUT2D eigenvalue weighted by molar-refractivity contribution is 7.98. The van der Waals surface area contributed by atoms with E-state index in [2.05, 4.69) is 34.6 Å². The smallest absolute Gasteiger partial charge is 0.191 e. The third-order valence-corrected chi connectivity index (χ3v) is 6.94. The summed E-state index contributed by atoms with van der Waals surface area (Å²) in [6.45, 7) is 4.47. The zero-order chi connectivity index (χ0) is 21.1. The highest BCUT2D eigenvalue weighted by atomic mass is 35.5. The van der Waals surface area contributed by atoms with Crippen molar-refractivity contribution in [1.82, 2.24) is 19.7 Å². The number of rotatable bonds is 7. The van der Waals surface area contributed by atoms with Gasteiger partial charge in [-0.05, 0) is 37.1 Å². The summed E-state index contributed by atoms with van der Waals surface area (Å²) in [5, 5.41) is 13.1. The first-order valence-corrected chi connectivity index (χ1v) is 11.7. The fourth-order valence-corrected chi connectivity index (χ4v) is 4.94. The van der Waals surface area contributed by atoms with Crippen LogP contribution in [0.1, 0.15) is 22.6 Å². The third-order valence-electron chi connectivity index (χ3n) is 4.63. The van der Waals surface area contributed by atoms with Crippen LogP contribution in [-0.2, 0) is 19.4 Å². The van der Waals surface area contributed by atoms with Crippen molar-refractivity contribution in [2.75, 3.05) is 0 Å². The average molecular weight is 457 g/mol. The molecular formula is C22H21ClN4OS2. The molecule has 8 heteroatoms. The molecule has 0 aliphatic rings. The molecular weight excluding hydrogens is 436 g/mol. The minimum atomic E-state index is 0.377. The molecule has 2 aromatic heterocycles. The minimum Gasteiger partial charge on any atom is -0.485 e. The van der Waals surface area contributed by atoms with Crippen molar-refractivity contribution in [2.45, 2.75) is 31.4 Å². The monoisotopic (exact) mass is 456 g/mol. The number of thiazole rings is 1. The van der Waals surface area contributed by atoms with Gasteiger partial charge in [-0.2, -0.15) is 0 Å². The number of nitrogens with zero attached hydrogens (tertiary/aromatic N) is 4. The number of hydrogen-bond acceptors (Lipinski definition) is 6. The Morgan fingerprint density at radius 1 is 1.13 bits per heavy atom. The molecule has 0 N–H and O–H groups in total. The molecule has 0 bridgehead atoms. The molecule has 0 atom stereocenters. The maximum Gasteiger partial charge on any atom is 0.191 e. The van der Waals surface area contributed by atoms with Gasteiger partial charge in [-0.25, -0.2) is 4.98 Å². The Balaban J connectivity index is 1.39. The zero-order valence-electron chi connectivity index (χ0n) is 16.9. The van der Waals surface area contributed by atoms with Crippen LogP contribution in [0.5, 0.6) is 5.75 Å². The highest BCUT2D eigenvalue weighted by Crippen LogP contribution is 2.31. The lowest BCUT2D eigenvalue weighted by atomic mass is 10.1. The quantitative estimate of drug-likeness (QED) is 0.315. The van der Waals surface area contributed by atoms with E-state index in [1.807, 2.05) is 48.9 Å². The molecule has 0 saturated carbocycles. The van der Waals surface area contributed by atoms with E-state index in [4.69, 9.17) is 21.3 Å². The van der Waals surface area contributed by atoms with Gasteiger partial charge in [0.1, 0.15) is 17.4 Å². The number of halogens is 1. The van der Waals surface area contributed by atoms with E-state index < -0.39 is 0 Å². The van der Waals surface area contributed by atoms with Crippen molar-refractivity contribution in [3.63, 3.8) is 0 Å². The number of aryl methyl sites for hydroxylation is 2. The summed E-state index contributed by atoms with van der Waals surface area (Å²) >= 11 is 9.49. The van der Waals surface area contributed by atoms with E-state index >= 15 is 0 Å². The summed E-state index contributed by atoms with van der Waals surface area (Å²) in [6, 6.07) is 13.9. The summed E-state index contributed by atoms with van der Waals surface area (Å²) in [5.41, 5.74) is 4.24. The molecule has 0 spiro atoms. The third kappa shape index (κ3) is 4.69. The van der Waals surface area contributed by atoms with E-state index in [1.165, 1.54) is 5.56 Å². The van der Waals surface area contributed by atoms with Crippen LogP contribution in [-0.4, -0.2) is 19.7 Å². The lowest BCUT2D eigenvalue weighted by Crippen LogP contribution is -2.05. The highest BCUT2D eigenvalue weighted by Gasteiger charge is 2.13. The van der Waals surface area contributed by atoms with Crippen LogP contribution in [0.15, 0.2) is 53.0 Å².